The summed E-state index contributed by atoms with van der Waals surface area (Å²) in [6.45, 7) is 0.842. The van der Waals surface area contributed by atoms with Gasteiger partial charge in [-0.15, -0.1) is 11.6 Å². The van der Waals surface area contributed by atoms with Crippen LogP contribution in [-0.4, -0.2) is 24.4 Å². The van der Waals surface area contributed by atoms with Crippen molar-refractivity contribution in [2.24, 2.45) is 5.92 Å². The summed E-state index contributed by atoms with van der Waals surface area (Å²) >= 11 is 6.28. The van der Waals surface area contributed by atoms with Gasteiger partial charge in [0.1, 0.15) is 5.38 Å². The van der Waals surface area contributed by atoms with Crippen LogP contribution in [0.2, 0.25) is 0 Å². The molecule has 19 heavy (non-hydrogen) atoms. The van der Waals surface area contributed by atoms with E-state index < -0.39 is 5.38 Å². The molecular weight excluding hydrogens is 258 g/mol. The number of hydrogen-bond donors (Lipinski definition) is 0. The molecule has 0 heterocycles. The fraction of sp³-hybridized carbons (Fsp3) is 0.562. The number of carbonyl (C=O) groups excluding carboxylic acids is 1. The molecule has 1 aromatic rings. The molecule has 1 aliphatic rings. The number of alkyl halides is 1. The normalized spacial score (nSPS) is 18.0. The summed E-state index contributed by atoms with van der Waals surface area (Å²) in [7, 11) is 1.87. The number of amides is 1. The van der Waals surface area contributed by atoms with E-state index in [2.05, 4.69) is 0 Å². The maximum absolute atomic E-state index is 12.3. The maximum atomic E-state index is 12.3. The average Bonchev–Trinajstić information content (AvgIpc) is 2.47. The number of benzene rings is 1. The van der Waals surface area contributed by atoms with Gasteiger partial charge in [0.15, 0.2) is 0 Å². The first-order valence-corrected chi connectivity index (χ1v) is 7.56. The van der Waals surface area contributed by atoms with Crippen molar-refractivity contribution in [1.29, 1.82) is 0 Å². The van der Waals surface area contributed by atoms with E-state index in [-0.39, 0.29) is 5.91 Å². The highest BCUT2D eigenvalue weighted by Gasteiger charge is 2.24. The van der Waals surface area contributed by atoms with Crippen LogP contribution in [0.1, 0.15) is 43.0 Å². The summed E-state index contributed by atoms with van der Waals surface area (Å²) in [5.41, 5.74) is 0.879. The highest BCUT2D eigenvalue weighted by atomic mass is 35.5. The Morgan fingerprint density at radius 3 is 2.53 bits per heavy atom. The molecule has 0 bridgehead atoms. The lowest BCUT2D eigenvalue weighted by molar-refractivity contribution is -0.130. The molecule has 1 aromatic carbocycles. The lowest BCUT2D eigenvalue weighted by atomic mass is 9.89. The van der Waals surface area contributed by atoms with Crippen LogP contribution in [0.5, 0.6) is 0 Å². The van der Waals surface area contributed by atoms with E-state index >= 15 is 0 Å². The molecule has 0 aliphatic heterocycles. The van der Waals surface area contributed by atoms with Crippen molar-refractivity contribution in [2.75, 3.05) is 13.6 Å². The lowest BCUT2D eigenvalue weighted by Gasteiger charge is -2.28. The molecule has 1 saturated carbocycles. The highest BCUT2D eigenvalue weighted by Crippen LogP contribution is 2.26. The van der Waals surface area contributed by atoms with Crippen LogP contribution < -0.4 is 0 Å². The van der Waals surface area contributed by atoms with E-state index in [1.807, 2.05) is 37.4 Å². The Bertz CT molecular complexity index is 400. The van der Waals surface area contributed by atoms with Gasteiger partial charge in [-0.1, -0.05) is 49.6 Å². The zero-order valence-corrected chi connectivity index (χ0v) is 12.3. The predicted molar refractivity (Wildman–Crippen MR) is 79.2 cm³/mol. The first kappa shape index (κ1) is 14.4. The Labute approximate surface area is 120 Å². The Morgan fingerprint density at radius 2 is 1.89 bits per heavy atom. The van der Waals surface area contributed by atoms with Gasteiger partial charge in [0.2, 0.25) is 5.91 Å². The number of halogens is 1. The Kier molecular flexibility index (Phi) is 5.26. The van der Waals surface area contributed by atoms with Crippen molar-refractivity contribution < 1.29 is 4.79 Å². The van der Waals surface area contributed by atoms with Crippen LogP contribution in [0.3, 0.4) is 0 Å². The molecule has 1 aliphatic carbocycles. The van der Waals surface area contributed by atoms with Gasteiger partial charge in [0.05, 0.1) is 0 Å². The zero-order valence-electron chi connectivity index (χ0n) is 11.5. The van der Waals surface area contributed by atoms with Crippen LogP contribution in [-0.2, 0) is 4.79 Å². The summed E-state index contributed by atoms with van der Waals surface area (Å²) in [4.78, 5) is 14.1. The summed E-state index contributed by atoms with van der Waals surface area (Å²) in [5.74, 6) is 0.667. The third-order valence-electron chi connectivity index (χ3n) is 3.94. The van der Waals surface area contributed by atoms with E-state index in [9.17, 15) is 4.79 Å². The summed E-state index contributed by atoms with van der Waals surface area (Å²) in [6, 6.07) is 9.58. The van der Waals surface area contributed by atoms with Gasteiger partial charge in [0.25, 0.3) is 0 Å². The molecule has 2 rings (SSSR count). The molecule has 3 heteroatoms. The minimum absolute atomic E-state index is 0.0124. The smallest absolute Gasteiger partial charge is 0.244 e. The Hall–Kier alpha value is -1.02. The summed E-state index contributed by atoms with van der Waals surface area (Å²) in [5, 5.41) is -0.560. The van der Waals surface area contributed by atoms with Gasteiger partial charge in [-0.05, 0) is 24.3 Å². The van der Waals surface area contributed by atoms with Gasteiger partial charge in [-0.3, -0.25) is 4.79 Å². The quantitative estimate of drug-likeness (QED) is 0.763. The van der Waals surface area contributed by atoms with E-state index in [4.69, 9.17) is 11.6 Å². The van der Waals surface area contributed by atoms with E-state index in [1.165, 1.54) is 32.1 Å². The van der Waals surface area contributed by atoms with E-state index in [0.29, 0.717) is 5.92 Å². The van der Waals surface area contributed by atoms with Crippen LogP contribution in [0.4, 0.5) is 0 Å². The standard InChI is InChI=1S/C16H22ClNO/c1-18(12-13-8-4-2-5-9-13)16(19)15(17)14-10-6-3-7-11-14/h3,6-7,10-11,13,15H,2,4-5,8-9,12H2,1H3. The van der Waals surface area contributed by atoms with Crippen LogP contribution in [0, 0.1) is 5.92 Å². The van der Waals surface area contributed by atoms with Crippen molar-refractivity contribution in [2.45, 2.75) is 37.5 Å². The maximum Gasteiger partial charge on any atom is 0.244 e. The molecule has 104 valence electrons. The molecule has 0 spiro atoms. The zero-order chi connectivity index (χ0) is 13.7. The molecule has 1 atom stereocenters. The predicted octanol–water partition coefficient (Wildman–Crippen LogP) is 4.01. The average molecular weight is 280 g/mol. The van der Waals surface area contributed by atoms with Crippen molar-refractivity contribution in [1.82, 2.24) is 4.90 Å². The molecular formula is C16H22ClNO. The first-order valence-electron chi connectivity index (χ1n) is 7.12. The lowest BCUT2D eigenvalue weighted by Crippen LogP contribution is -2.34. The second-order valence-electron chi connectivity index (χ2n) is 5.50. The van der Waals surface area contributed by atoms with Gasteiger partial charge in [0, 0.05) is 13.6 Å². The number of hydrogen-bond acceptors (Lipinski definition) is 1. The largest absolute Gasteiger partial charge is 0.344 e. The van der Waals surface area contributed by atoms with Gasteiger partial charge >= 0.3 is 0 Å². The minimum atomic E-state index is -0.560. The van der Waals surface area contributed by atoms with Gasteiger partial charge in [-0.2, -0.15) is 0 Å². The molecule has 0 radical (unpaired) electrons. The third-order valence-corrected chi connectivity index (χ3v) is 4.38. The number of nitrogens with zero attached hydrogens (tertiary/aromatic N) is 1. The second kappa shape index (κ2) is 6.95. The molecule has 0 aromatic heterocycles. The molecule has 1 unspecified atom stereocenters. The van der Waals surface area contributed by atoms with Crippen molar-refractivity contribution >= 4 is 17.5 Å². The highest BCUT2D eigenvalue weighted by molar-refractivity contribution is 6.30. The molecule has 1 fully saturated rings. The number of carbonyl (C=O) groups is 1. The molecule has 0 saturated heterocycles. The van der Waals surface area contributed by atoms with Crippen LogP contribution in [0.15, 0.2) is 30.3 Å². The van der Waals surface area contributed by atoms with E-state index in [1.54, 1.807) is 4.90 Å². The van der Waals surface area contributed by atoms with Crippen molar-refractivity contribution in [3.05, 3.63) is 35.9 Å². The van der Waals surface area contributed by atoms with Crippen molar-refractivity contribution in [3.63, 3.8) is 0 Å². The van der Waals surface area contributed by atoms with Crippen LogP contribution >= 0.6 is 11.6 Å². The fourth-order valence-electron chi connectivity index (χ4n) is 2.81. The monoisotopic (exact) mass is 279 g/mol. The number of rotatable bonds is 4. The fourth-order valence-corrected chi connectivity index (χ4v) is 3.12. The number of likely N-dealkylation sites (N-methyl/N-ethyl adjacent to an activating group) is 1. The first-order chi connectivity index (χ1) is 9.18. The Morgan fingerprint density at radius 1 is 1.26 bits per heavy atom. The summed E-state index contributed by atoms with van der Waals surface area (Å²) in [6.07, 6.45) is 6.44. The van der Waals surface area contributed by atoms with Crippen LogP contribution in [0.25, 0.3) is 0 Å². The second-order valence-corrected chi connectivity index (χ2v) is 5.93. The topological polar surface area (TPSA) is 20.3 Å². The minimum Gasteiger partial charge on any atom is -0.344 e. The van der Waals surface area contributed by atoms with Gasteiger partial charge in [-0.25, -0.2) is 0 Å². The van der Waals surface area contributed by atoms with Crippen molar-refractivity contribution in [3.8, 4) is 0 Å². The van der Waals surface area contributed by atoms with E-state index in [0.717, 1.165) is 12.1 Å². The Balaban J connectivity index is 1.91. The third kappa shape index (κ3) is 3.97. The summed E-state index contributed by atoms with van der Waals surface area (Å²) < 4.78 is 0. The molecule has 2 nitrogen and oxygen atoms in total. The molecule has 1 amide bonds. The van der Waals surface area contributed by atoms with Gasteiger partial charge < -0.3 is 4.90 Å². The molecule has 0 N–H and O–H groups in total. The SMILES string of the molecule is CN(CC1CCCCC1)C(=O)C(Cl)c1ccccc1.